The molecule has 3 aromatic carbocycles. The Balaban J connectivity index is 1.76. The number of hydrogen-bond acceptors (Lipinski definition) is 3. The molecule has 0 amide bonds. The van der Waals surface area contributed by atoms with E-state index in [1.54, 1.807) is 0 Å². The molecule has 4 rings (SSSR count). The van der Waals surface area contributed by atoms with Crippen molar-refractivity contribution in [1.29, 1.82) is 0 Å². The van der Waals surface area contributed by atoms with Crippen molar-refractivity contribution in [1.82, 2.24) is 0 Å². The first kappa shape index (κ1) is 18.0. The molecule has 136 valence electrons. The van der Waals surface area contributed by atoms with Crippen LogP contribution in [-0.2, 0) is 0 Å². The molecule has 2 N–H and O–H groups in total. The average Bonchev–Trinajstić information content (AvgIpc) is 2.73. The summed E-state index contributed by atoms with van der Waals surface area (Å²) in [6.07, 6.45) is -1.03. The summed E-state index contributed by atoms with van der Waals surface area (Å²) in [5.41, 5.74) is 1.62. The van der Waals surface area contributed by atoms with E-state index in [1.165, 1.54) is 0 Å². The zero-order valence-corrected chi connectivity index (χ0v) is 16.4. The van der Waals surface area contributed by atoms with Gasteiger partial charge in [0.25, 0.3) is 0 Å². The second kappa shape index (κ2) is 8.12. The number of fused-ring (bicyclic) bond motifs is 1. The maximum atomic E-state index is 11.1. The van der Waals surface area contributed by atoms with E-state index < -0.39 is 12.2 Å². The van der Waals surface area contributed by atoms with E-state index in [-0.39, 0.29) is 15.0 Å². The van der Waals surface area contributed by atoms with Crippen LogP contribution in [0.2, 0.25) is 0 Å². The molecule has 27 heavy (non-hydrogen) atoms. The van der Waals surface area contributed by atoms with Crippen molar-refractivity contribution in [2.45, 2.75) is 18.6 Å². The molecule has 0 spiro atoms. The molecule has 0 aromatic heterocycles. The molecule has 0 fully saturated rings. The van der Waals surface area contributed by atoms with Gasteiger partial charge in [-0.2, -0.15) is 0 Å². The normalized spacial score (nSPS) is 19.0. The van der Waals surface area contributed by atoms with E-state index in [4.69, 9.17) is 4.74 Å². The van der Waals surface area contributed by atoms with Crippen molar-refractivity contribution in [3.05, 3.63) is 106 Å². The van der Waals surface area contributed by atoms with Gasteiger partial charge >= 0.3 is 165 Å². The van der Waals surface area contributed by atoms with Gasteiger partial charge in [-0.3, -0.25) is 0 Å². The third kappa shape index (κ3) is 3.99. The monoisotopic (exact) mass is 424 g/mol. The van der Waals surface area contributed by atoms with Crippen LogP contribution in [0.1, 0.15) is 29.8 Å². The van der Waals surface area contributed by atoms with Crippen LogP contribution in [0.5, 0.6) is 5.75 Å². The molecule has 0 saturated carbocycles. The Bertz CT molecular complexity index is 938. The predicted molar refractivity (Wildman–Crippen MR) is 107 cm³/mol. The fourth-order valence-electron chi connectivity index (χ4n) is 3.13. The van der Waals surface area contributed by atoms with Gasteiger partial charge in [0.15, 0.2) is 0 Å². The average molecular weight is 423 g/mol. The van der Waals surface area contributed by atoms with E-state index in [1.807, 2.05) is 72.8 Å². The van der Waals surface area contributed by atoms with Crippen molar-refractivity contribution in [2.24, 2.45) is 0 Å². The minimum atomic E-state index is -0.765. The van der Waals surface area contributed by atoms with Crippen LogP contribution in [0.4, 0.5) is 0 Å². The summed E-state index contributed by atoms with van der Waals surface area (Å²) in [7, 11) is 0. The van der Waals surface area contributed by atoms with Gasteiger partial charge in [-0.1, -0.05) is 0 Å². The van der Waals surface area contributed by atoms with E-state index >= 15 is 0 Å². The second-order valence-corrected chi connectivity index (χ2v) is 8.72. The molecular formula is C23H20O3Se. The Morgan fingerprint density at radius 1 is 0.889 bits per heavy atom. The molecule has 0 aliphatic carbocycles. The third-order valence-corrected chi connectivity index (χ3v) is 6.97. The van der Waals surface area contributed by atoms with Gasteiger partial charge in [0.1, 0.15) is 0 Å². The van der Waals surface area contributed by atoms with Gasteiger partial charge in [-0.25, -0.2) is 0 Å². The van der Waals surface area contributed by atoms with Crippen molar-refractivity contribution in [3.63, 3.8) is 0 Å². The van der Waals surface area contributed by atoms with Gasteiger partial charge in [0.2, 0.25) is 0 Å². The maximum absolute atomic E-state index is 11.1. The van der Waals surface area contributed by atoms with E-state index in [9.17, 15) is 10.2 Å². The van der Waals surface area contributed by atoms with E-state index in [2.05, 4.69) is 12.1 Å². The van der Waals surface area contributed by atoms with Crippen LogP contribution in [0.25, 0.3) is 0 Å². The zero-order valence-electron chi connectivity index (χ0n) is 14.7. The fraction of sp³-hybridized carbons (Fsp3) is 0.130. The van der Waals surface area contributed by atoms with Crippen LogP contribution < -0.4 is 9.20 Å². The number of benzene rings is 3. The van der Waals surface area contributed by atoms with Crippen LogP contribution >= 0.6 is 0 Å². The Labute approximate surface area is 165 Å². The molecule has 1 aliphatic rings. The topological polar surface area (TPSA) is 49.7 Å². The summed E-state index contributed by atoms with van der Waals surface area (Å²) in [4.78, 5) is 0. The number of aliphatic hydroxyl groups is 2. The summed E-state index contributed by atoms with van der Waals surface area (Å²) in [6, 6.07) is 27.2. The van der Waals surface area contributed by atoms with Crippen LogP contribution in [0.15, 0.2) is 95.2 Å². The summed E-state index contributed by atoms with van der Waals surface area (Å²) in [5, 5.41) is 21.7. The van der Waals surface area contributed by atoms with Crippen LogP contribution in [0, 0.1) is 0 Å². The van der Waals surface area contributed by atoms with Crippen LogP contribution in [0.3, 0.4) is 0 Å². The molecule has 1 unspecified atom stereocenters. The number of rotatable bonds is 4. The summed E-state index contributed by atoms with van der Waals surface area (Å²) < 4.78 is 8.15. The molecule has 0 bridgehead atoms. The Kier molecular flexibility index (Phi) is 5.42. The predicted octanol–water partition coefficient (Wildman–Crippen LogP) is 3.48. The Morgan fingerprint density at radius 3 is 2.26 bits per heavy atom. The van der Waals surface area contributed by atoms with E-state index in [0.29, 0.717) is 17.9 Å². The molecule has 4 heteroatoms. The summed E-state index contributed by atoms with van der Waals surface area (Å²) >= 11 is -0.127. The fourth-order valence-corrected chi connectivity index (χ4v) is 5.30. The molecule has 3 nitrogen and oxygen atoms in total. The molecule has 1 heterocycles. The molecule has 1 aliphatic heterocycles. The summed E-state index contributed by atoms with van der Waals surface area (Å²) in [5.74, 6) is 1.33. The van der Waals surface area contributed by atoms with Crippen molar-refractivity contribution < 1.29 is 14.9 Å². The first-order valence-electron chi connectivity index (χ1n) is 8.86. The molecule has 0 saturated heterocycles. The van der Waals surface area contributed by atoms with Crippen molar-refractivity contribution in [2.75, 3.05) is 0 Å². The van der Waals surface area contributed by atoms with Gasteiger partial charge in [0.05, 0.1) is 0 Å². The number of aliphatic hydroxyl groups excluding tert-OH is 2. The van der Waals surface area contributed by atoms with Crippen LogP contribution in [-0.4, -0.2) is 25.2 Å². The van der Waals surface area contributed by atoms with E-state index in [0.717, 1.165) is 20.1 Å². The summed E-state index contributed by atoms with van der Waals surface area (Å²) in [6.45, 7) is 0. The number of hydrogen-bond donors (Lipinski definition) is 2. The first-order valence-corrected chi connectivity index (χ1v) is 10.6. The Morgan fingerprint density at radius 2 is 1.52 bits per heavy atom. The van der Waals surface area contributed by atoms with Gasteiger partial charge in [-0.15, -0.1) is 0 Å². The molecular weight excluding hydrogens is 403 g/mol. The number of para-hydroxylation sites is 1. The Hall–Kier alpha value is -2.36. The zero-order chi connectivity index (χ0) is 18.6. The number of ether oxygens (including phenoxy) is 1. The molecule has 0 radical (unpaired) electrons. The SMILES string of the molecule is OC1C/C(=C(\[Se]c2ccccc2)[C@H](O)c2ccccc2)Oc2ccccc21. The van der Waals surface area contributed by atoms with Crippen molar-refractivity contribution >= 4 is 19.4 Å². The van der Waals surface area contributed by atoms with Gasteiger partial charge in [0, 0.05) is 0 Å². The third-order valence-electron chi connectivity index (χ3n) is 4.50. The minimum absolute atomic E-state index is 0.127. The van der Waals surface area contributed by atoms with Gasteiger partial charge < -0.3 is 0 Å². The second-order valence-electron chi connectivity index (χ2n) is 6.38. The first-order chi connectivity index (χ1) is 13.2. The molecule has 2 atom stereocenters. The quantitative estimate of drug-likeness (QED) is 0.632. The van der Waals surface area contributed by atoms with Gasteiger partial charge in [-0.05, 0) is 0 Å². The molecule has 3 aromatic rings. The standard InChI is InChI=1S/C23H20O3Se/c24-19-15-21(26-20-14-8-7-13-18(19)20)23(27-17-11-5-2-6-12-17)22(25)16-9-3-1-4-10-16/h1-14,19,22,24-25H,15H2/b23-21+/t19?,22-/m1/s1. The van der Waals surface area contributed by atoms with Crippen molar-refractivity contribution in [3.8, 4) is 5.75 Å².